The van der Waals surface area contributed by atoms with Crippen LogP contribution in [0.4, 0.5) is 57.3 Å². The van der Waals surface area contributed by atoms with Gasteiger partial charge in [-0.05, 0) is 109 Å². The highest BCUT2D eigenvalue weighted by atomic mass is 35.5. The van der Waals surface area contributed by atoms with E-state index in [0.717, 1.165) is 34.1 Å². The highest BCUT2D eigenvalue weighted by Crippen LogP contribution is 2.29. The van der Waals surface area contributed by atoms with Crippen LogP contribution >= 0.6 is 11.6 Å². The second-order valence-corrected chi connectivity index (χ2v) is 21.1. The van der Waals surface area contributed by atoms with Crippen molar-refractivity contribution in [3.63, 3.8) is 0 Å². The first kappa shape index (κ1) is 69.8. The van der Waals surface area contributed by atoms with Gasteiger partial charge in [0.25, 0.3) is 23.6 Å². The molecule has 0 spiro atoms. The van der Waals surface area contributed by atoms with Gasteiger partial charge in [-0.3, -0.25) is 29.1 Å². The third-order valence-electron chi connectivity index (χ3n) is 14.0. The molecule has 0 aliphatic rings. The van der Waals surface area contributed by atoms with E-state index in [2.05, 4.69) is 99.8 Å². The van der Waals surface area contributed by atoms with E-state index in [1.807, 2.05) is 48.0 Å². The molecule has 0 aliphatic heterocycles. The number of carbonyl (C=O) groups excluding carboxylic acids is 4. The van der Waals surface area contributed by atoms with Crippen molar-refractivity contribution < 1.29 is 23.9 Å². The summed E-state index contributed by atoms with van der Waals surface area (Å²) in [6.45, 7) is 0. The van der Waals surface area contributed by atoms with Crippen LogP contribution in [-0.2, 0) is 0 Å². The zero-order valence-corrected chi connectivity index (χ0v) is 54.3. The Kier molecular flexibility index (Phi) is 24.5. The second kappa shape index (κ2) is 35.1. The van der Waals surface area contributed by atoms with E-state index in [1.54, 1.807) is 214 Å². The van der Waals surface area contributed by atoms with E-state index in [4.69, 9.17) is 42.0 Å². The van der Waals surface area contributed by atoms with Gasteiger partial charge in [-0.1, -0.05) is 59.5 Å². The van der Waals surface area contributed by atoms with Crippen molar-refractivity contribution >= 4 is 92.5 Å². The Bertz CT molecular complexity index is 4860. The van der Waals surface area contributed by atoms with Gasteiger partial charge in [0.15, 0.2) is 0 Å². The quantitative estimate of drug-likeness (QED) is 0.0517. The normalized spacial score (nSPS) is 9.92. The molecule has 0 atom stereocenters. The minimum Gasteiger partial charge on any atom is -0.456 e. The van der Waals surface area contributed by atoms with Crippen LogP contribution < -0.4 is 40.7 Å². The number of rotatable bonds is 16. The summed E-state index contributed by atoms with van der Waals surface area (Å²) >= 11 is 6.11. The van der Waals surface area contributed by atoms with Crippen LogP contribution in [0.25, 0.3) is 0 Å². The first-order valence-electron chi connectivity index (χ1n) is 29.8. The van der Waals surface area contributed by atoms with Crippen molar-refractivity contribution in [2.24, 2.45) is 0 Å². The molecule has 24 heteroatoms. The minimum absolute atomic E-state index is 0.248. The third-order valence-corrected chi connectivity index (χ3v) is 14.2. The van der Waals surface area contributed by atoms with E-state index in [9.17, 15) is 19.2 Å². The number of anilines is 10. The molecular formula is C76H57ClN18O5. The first-order chi connectivity index (χ1) is 48.6. The van der Waals surface area contributed by atoms with Gasteiger partial charge in [-0.15, -0.1) is 25.7 Å². The predicted molar refractivity (Wildman–Crippen MR) is 386 cm³/mol. The Labute approximate surface area is 581 Å². The Hall–Kier alpha value is -14.5. The number of terminal acetylenes is 4. The Balaban J connectivity index is 0.000000156. The number of pyridine rings is 5. The number of nitrogens with zero attached hydrogens (tertiary/aromatic N) is 14. The molecule has 0 bridgehead atoms. The molecular weight excluding hydrogens is 1280 g/mol. The zero-order valence-electron chi connectivity index (χ0n) is 53.6. The van der Waals surface area contributed by atoms with Crippen LogP contribution in [0.5, 0.6) is 11.5 Å². The van der Waals surface area contributed by atoms with Crippen molar-refractivity contribution in [1.29, 1.82) is 0 Å². The number of aromatic nitrogens is 11. The number of carbonyl (C=O) groups is 4. The van der Waals surface area contributed by atoms with Crippen molar-refractivity contribution in [2.45, 2.75) is 0 Å². The van der Waals surface area contributed by atoms with E-state index in [-0.39, 0.29) is 28.8 Å². The lowest BCUT2D eigenvalue weighted by Gasteiger charge is -2.19. The number of hydrogen-bond donors (Lipinski definition) is 4. The lowest BCUT2D eigenvalue weighted by atomic mass is 10.1. The molecule has 4 N–H and O–H groups in total. The average molecular weight is 1340 g/mol. The largest absolute Gasteiger partial charge is 0.456 e. The molecule has 0 fully saturated rings. The van der Waals surface area contributed by atoms with Crippen LogP contribution in [0, 0.1) is 49.4 Å². The van der Waals surface area contributed by atoms with E-state index < -0.39 is 0 Å². The monoisotopic (exact) mass is 1340 g/mol. The number of hydrogen-bond acceptors (Lipinski definition) is 19. The van der Waals surface area contributed by atoms with E-state index in [0.29, 0.717) is 79.1 Å². The minimum atomic E-state index is -0.325. The Morgan fingerprint density at radius 2 is 0.780 bits per heavy atom. The smallest absolute Gasteiger partial charge is 0.256 e. The SMILES string of the molecule is C#Cc1cccc(C(=O)Nc2cc(N(C)c3cncnc3)cc(Cl)n2)c1.C#Cc1cccc(C(=O)Nc2cc(N(C)c3cncnc3)ccn2)c1.C#Cc1cccc(C(=O)Nc2cc(Oc3cccnc3)ccn2)c1.C#Cc1cccc(C(=O)Nc2cncc(N(C)c3cncnc3)c2)c1. The van der Waals surface area contributed by atoms with Crippen LogP contribution in [0.1, 0.15) is 63.7 Å². The highest BCUT2D eigenvalue weighted by molar-refractivity contribution is 6.30. The predicted octanol–water partition coefficient (Wildman–Crippen LogP) is 12.8. The van der Waals surface area contributed by atoms with Gasteiger partial charge in [0.2, 0.25) is 0 Å². The van der Waals surface area contributed by atoms with E-state index >= 15 is 0 Å². The fraction of sp³-hybridized carbons (Fsp3) is 0.0395. The van der Waals surface area contributed by atoms with E-state index in [1.165, 1.54) is 19.0 Å². The molecule has 4 aromatic carbocycles. The van der Waals surface area contributed by atoms with Gasteiger partial charge in [0, 0.05) is 114 Å². The van der Waals surface area contributed by atoms with Crippen molar-refractivity contribution in [3.05, 3.63) is 295 Å². The lowest BCUT2D eigenvalue weighted by molar-refractivity contribution is 0.101. The summed E-state index contributed by atoms with van der Waals surface area (Å²) in [7, 11) is 5.60. The highest BCUT2D eigenvalue weighted by Gasteiger charge is 2.16. The summed E-state index contributed by atoms with van der Waals surface area (Å²) < 4.78 is 5.66. The maximum absolute atomic E-state index is 12.4. The number of amides is 4. The molecule has 4 amide bonds. The topological polar surface area (TPSA) is 277 Å². The maximum atomic E-state index is 12.4. The van der Waals surface area contributed by atoms with Gasteiger partial charge >= 0.3 is 0 Å². The summed E-state index contributed by atoms with van der Waals surface area (Å²) in [4.78, 5) is 99.7. The maximum Gasteiger partial charge on any atom is 0.256 e. The summed E-state index contributed by atoms with van der Waals surface area (Å²) in [5.41, 5.74) is 9.81. The first-order valence-corrected chi connectivity index (χ1v) is 30.1. The molecule has 0 saturated heterocycles. The van der Waals surface area contributed by atoms with Gasteiger partial charge < -0.3 is 40.7 Å². The third kappa shape index (κ3) is 20.2. The zero-order chi connectivity index (χ0) is 70.6. The van der Waals surface area contributed by atoms with Crippen molar-refractivity contribution in [3.8, 4) is 60.9 Å². The molecule has 8 heterocycles. The van der Waals surface area contributed by atoms with Gasteiger partial charge in [0.05, 0.1) is 84.2 Å². The van der Waals surface area contributed by atoms with Crippen molar-refractivity contribution in [1.82, 2.24) is 54.8 Å². The van der Waals surface area contributed by atoms with Gasteiger partial charge in [-0.2, -0.15) is 0 Å². The number of halogens is 1. The average Bonchev–Trinajstić information content (AvgIpc) is 0.879. The summed E-state index contributed by atoms with van der Waals surface area (Å²) in [5, 5.41) is 11.3. The fourth-order valence-corrected chi connectivity index (χ4v) is 9.02. The van der Waals surface area contributed by atoms with Gasteiger partial charge in [-0.25, -0.2) is 44.9 Å². The molecule has 100 heavy (non-hydrogen) atoms. The van der Waals surface area contributed by atoms with Crippen LogP contribution in [-0.4, -0.2) is 99.6 Å². The molecule has 0 saturated carbocycles. The van der Waals surface area contributed by atoms with Crippen molar-refractivity contribution in [2.75, 3.05) is 57.1 Å². The number of benzene rings is 4. The molecule has 12 rings (SSSR count). The standard InChI is InChI=1S/C19H14ClN5O.2C19H15N5O.C19H13N3O2/c1-3-13-5-4-6-14(7-13)19(26)24-18-9-15(8-17(20)23-18)25(2)16-10-21-12-22-11-16;1-3-14-5-4-6-15(7-14)19(25)23-16-8-17(10-20-9-16)24(2)18-11-21-13-22-12-18;1-3-14-5-4-6-15(9-14)19(25)23-18-10-16(7-8-22-18)24(2)17-11-20-13-21-12-17;1-2-14-5-3-6-15(11-14)19(23)22-18-12-16(8-10-21-18)24-17-7-4-9-20-13-17/h1,4-12H,2H3,(H,23,24,26);1,4-13H,2H3,(H,23,25);1,4-13H,2H3,(H,22,23,25);1,3-13H,(H,21,22,23). The summed E-state index contributed by atoms with van der Waals surface area (Å²) in [6.07, 6.45) is 45.7. The van der Waals surface area contributed by atoms with Crippen LogP contribution in [0.2, 0.25) is 5.15 Å². The molecule has 8 aromatic heterocycles. The molecule has 0 radical (unpaired) electrons. The second-order valence-electron chi connectivity index (χ2n) is 20.7. The molecule has 23 nitrogen and oxygen atoms in total. The summed E-state index contributed by atoms with van der Waals surface area (Å²) in [6, 6.07) is 43.1. The number of ether oxygens (including phenoxy) is 1. The fourth-order valence-electron chi connectivity index (χ4n) is 8.81. The Morgan fingerprint density at radius 3 is 1.24 bits per heavy atom. The molecule has 488 valence electrons. The van der Waals surface area contributed by atoms with Gasteiger partial charge in [0.1, 0.15) is 53.1 Å². The molecule has 0 aliphatic carbocycles. The lowest BCUT2D eigenvalue weighted by Crippen LogP contribution is -2.15. The molecule has 12 aromatic rings. The van der Waals surface area contributed by atoms with Crippen LogP contribution in [0.15, 0.2) is 245 Å². The van der Waals surface area contributed by atoms with Crippen LogP contribution in [0.3, 0.4) is 0 Å². The molecule has 0 unspecified atom stereocenters. The number of nitrogens with one attached hydrogen (secondary N) is 4. The Morgan fingerprint density at radius 1 is 0.370 bits per heavy atom. The summed E-state index contributed by atoms with van der Waals surface area (Å²) in [5.74, 6) is 11.2.